The predicted octanol–water partition coefficient (Wildman–Crippen LogP) is 17.5. The van der Waals surface area contributed by atoms with Gasteiger partial charge in [0.05, 0.1) is 0 Å². The van der Waals surface area contributed by atoms with Crippen molar-refractivity contribution in [2.45, 2.75) is 6.92 Å². The summed E-state index contributed by atoms with van der Waals surface area (Å²) in [6.07, 6.45) is 2.04. The van der Waals surface area contributed by atoms with Crippen molar-refractivity contribution >= 4 is 102 Å². The molecule has 0 aliphatic heterocycles. The third-order valence-electron chi connectivity index (χ3n) is 12.5. The highest BCUT2D eigenvalue weighted by Crippen LogP contribution is 2.49. The van der Waals surface area contributed by atoms with Crippen LogP contribution in [0.1, 0.15) is 10.4 Å². The van der Waals surface area contributed by atoms with Crippen molar-refractivity contribution in [3.05, 3.63) is 199 Å². The van der Waals surface area contributed by atoms with E-state index in [-0.39, 0.29) is 0 Å². The Balaban J connectivity index is 1.04. The maximum Gasteiger partial charge on any atom is 0.0390 e. The molecule has 0 fully saturated rings. The van der Waals surface area contributed by atoms with Crippen molar-refractivity contribution in [2.75, 3.05) is 0 Å². The van der Waals surface area contributed by atoms with Crippen LogP contribution in [-0.2, 0) is 0 Å². The summed E-state index contributed by atoms with van der Waals surface area (Å²) in [5.74, 6) is 0. The topological polar surface area (TPSA) is 0 Å². The van der Waals surface area contributed by atoms with Gasteiger partial charge in [0, 0.05) is 40.7 Å². The van der Waals surface area contributed by atoms with Crippen molar-refractivity contribution in [2.24, 2.45) is 0 Å². The zero-order chi connectivity index (χ0) is 39.2. The van der Waals surface area contributed by atoms with E-state index in [1.807, 2.05) is 28.7 Å². The van der Waals surface area contributed by atoms with E-state index in [2.05, 4.69) is 195 Å². The van der Waals surface area contributed by atoms with Crippen LogP contribution in [0, 0.1) is 6.92 Å². The summed E-state index contributed by atoms with van der Waals surface area (Å²) in [4.78, 5) is 1.21. The van der Waals surface area contributed by atoms with Gasteiger partial charge in [-0.15, -0.1) is 22.7 Å². The Morgan fingerprint density at radius 1 is 0.373 bits per heavy atom. The van der Waals surface area contributed by atoms with Gasteiger partial charge in [0.1, 0.15) is 0 Å². The molecule has 0 atom stereocenters. The smallest absolute Gasteiger partial charge is 0.0390 e. The highest BCUT2D eigenvalue weighted by Gasteiger charge is 2.21. The first-order chi connectivity index (χ1) is 29.2. The Kier molecular flexibility index (Phi) is 7.75. The Morgan fingerprint density at radius 3 is 1.59 bits per heavy atom. The summed E-state index contributed by atoms with van der Waals surface area (Å²) in [6.45, 7) is 6.58. The summed E-state index contributed by atoms with van der Waals surface area (Å²) < 4.78 is 3.98. The van der Waals surface area contributed by atoms with Crippen LogP contribution >= 0.6 is 22.7 Å². The SMILES string of the molecule is C=Cc1sc2cc(-c3ccc(-c4c5ccccc5c(-c5cccc6ccccc56)c5ccccc45)c4ccccc34)ccc2c1-c1ccc2c(sc3ccccc32)c1C. The van der Waals surface area contributed by atoms with Gasteiger partial charge in [-0.05, 0) is 107 Å². The van der Waals surface area contributed by atoms with E-state index in [1.54, 1.807) is 0 Å². The van der Waals surface area contributed by atoms with Crippen LogP contribution in [0.2, 0.25) is 0 Å². The van der Waals surface area contributed by atoms with Gasteiger partial charge in [-0.1, -0.05) is 183 Å². The summed E-state index contributed by atoms with van der Waals surface area (Å²) in [5.41, 5.74) is 11.5. The lowest BCUT2D eigenvalue weighted by molar-refractivity contribution is 1.55. The molecule has 0 N–H and O–H groups in total. The summed E-state index contributed by atoms with van der Waals surface area (Å²) >= 11 is 3.74. The maximum atomic E-state index is 4.29. The molecule has 0 bridgehead atoms. The molecular formula is C57H36S2. The molecule has 0 saturated heterocycles. The standard InChI is InChI=1S/C57H36S2/c1-3-51-56(37-29-32-49-42-20-12-13-26-52(42)59-57(49)34(37)2)50-28-27-36(33-53(50)58-51)39-30-31-48(41-19-7-6-18-40(39)41)55-46-23-10-8-21-44(46)54(45-22-9-11-24-47(45)55)43-25-14-16-35-15-4-5-17-38(35)43/h3-33H,1H2,2H3. The van der Waals surface area contributed by atoms with Crippen LogP contribution in [0.25, 0.3) is 124 Å². The molecule has 0 radical (unpaired) electrons. The first kappa shape index (κ1) is 34.2. The molecule has 0 spiro atoms. The molecule has 276 valence electrons. The lowest BCUT2D eigenvalue weighted by Crippen LogP contribution is -1.93. The van der Waals surface area contributed by atoms with Gasteiger partial charge < -0.3 is 0 Å². The van der Waals surface area contributed by atoms with E-state index < -0.39 is 0 Å². The maximum absolute atomic E-state index is 4.29. The molecule has 0 saturated carbocycles. The molecule has 10 aromatic carbocycles. The van der Waals surface area contributed by atoms with E-state index in [0.717, 1.165) is 0 Å². The molecule has 12 aromatic rings. The number of thiophene rings is 2. The third-order valence-corrected chi connectivity index (χ3v) is 14.9. The van der Waals surface area contributed by atoms with Gasteiger partial charge in [-0.2, -0.15) is 0 Å². The van der Waals surface area contributed by atoms with Crippen molar-refractivity contribution in [1.82, 2.24) is 0 Å². The second-order valence-electron chi connectivity index (χ2n) is 15.5. The number of hydrogen-bond donors (Lipinski definition) is 0. The fraction of sp³-hybridized carbons (Fsp3) is 0.0175. The quantitative estimate of drug-likeness (QED) is 0.153. The van der Waals surface area contributed by atoms with Gasteiger partial charge in [-0.3, -0.25) is 0 Å². The van der Waals surface area contributed by atoms with E-state index in [4.69, 9.17) is 0 Å². The Hall–Kier alpha value is -6.84. The monoisotopic (exact) mass is 784 g/mol. The molecule has 0 amide bonds. The van der Waals surface area contributed by atoms with Gasteiger partial charge in [-0.25, -0.2) is 0 Å². The average Bonchev–Trinajstić information content (AvgIpc) is 3.86. The van der Waals surface area contributed by atoms with Crippen molar-refractivity contribution < 1.29 is 0 Å². The summed E-state index contributed by atoms with van der Waals surface area (Å²) in [6, 6.07) is 67.6. The summed E-state index contributed by atoms with van der Waals surface area (Å²) in [7, 11) is 0. The normalized spacial score (nSPS) is 11.9. The lowest BCUT2D eigenvalue weighted by atomic mass is 9.83. The zero-order valence-electron chi connectivity index (χ0n) is 32.4. The molecule has 0 unspecified atom stereocenters. The molecule has 0 aliphatic rings. The Labute approximate surface area is 350 Å². The Bertz CT molecular complexity index is 3640. The van der Waals surface area contributed by atoms with Crippen LogP contribution in [-0.4, -0.2) is 0 Å². The first-order valence-electron chi connectivity index (χ1n) is 20.2. The van der Waals surface area contributed by atoms with E-state index in [9.17, 15) is 0 Å². The number of fused-ring (bicyclic) bond motifs is 8. The number of rotatable bonds is 5. The number of benzene rings is 10. The molecule has 2 heteroatoms. The summed E-state index contributed by atoms with van der Waals surface area (Å²) in [5, 5.41) is 14.1. The van der Waals surface area contributed by atoms with Crippen LogP contribution in [0.15, 0.2) is 189 Å². The van der Waals surface area contributed by atoms with E-state index >= 15 is 0 Å². The molecule has 12 rings (SSSR count). The van der Waals surface area contributed by atoms with Crippen molar-refractivity contribution in [1.29, 1.82) is 0 Å². The van der Waals surface area contributed by atoms with Crippen molar-refractivity contribution in [3.8, 4) is 44.5 Å². The molecule has 2 heterocycles. The molecular weight excluding hydrogens is 749 g/mol. The second kappa shape index (κ2) is 13.4. The highest BCUT2D eigenvalue weighted by molar-refractivity contribution is 7.26. The zero-order valence-corrected chi connectivity index (χ0v) is 34.1. The molecule has 0 aliphatic carbocycles. The predicted molar refractivity (Wildman–Crippen MR) is 261 cm³/mol. The van der Waals surface area contributed by atoms with Crippen LogP contribution in [0.3, 0.4) is 0 Å². The Morgan fingerprint density at radius 2 is 0.898 bits per heavy atom. The first-order valence-corrected chi connectivity index (χ1v) is 21.8. The minimum absolute atomic E-state index is 1.21. The fourth-order valence-corrected chi connectivity index (χ4v) is 12.1. The van der Waals surface area contributed by atoms with E-state index in [0.29, 0.717) is 0 Å². The third kappa shape index (κ3) is 5.14. The lowest BCUT2D eigenvalue weighted by Gasteiger charge is -2.20. The number of hydrogen-bond acceptors (Lipinski definition) is 2. The van der Waals surface area contributed by atoms with Gasteiger partial charge in [0.2, 0.25) is 0 Å². The van der Waals surface area contributed by atoms with Gasteiger partial charge >= 0.3 is 0 Å². The highest BCUT2D eigenvalue weighted by atomic mass is 32.1. The average molecular weight is 785 g/mol. The van der Waals surface area contributed by atoms with Gasteiger partial charge in [0.25, 0.3) is 0 Å². The number of aryl methyl sites for hydroxylation is 1. The fourth-order valence-electron chi connectivity index (χ4n) is 9.82. The van der Waals surface area contributed by atoms with Gasteiger partial charge in [0.15, 0.2) is 0 Å². The van der Waals surface area contributed by atoms with Crippen molar-refractivity contribution in [3.63, 3.8) is 0 Å². The van der Waals surface area contributed by atoms with E-state index in [1.165, 1.54) is 128 Å². The van der Waals surface area contributed by atoms with Crippen LogP contribution in [0.5, 0.6) is 0 Å². The molecule has 2 aromatic heterocycles. The second-order valence-corrected chi connectivity index (χ2v) is 17.7. The van der Waals surface area contributed by atoms with Crippen LogP contribution < -0.4 is 0 Å². The molecule has 59 heavy (non-hydrogen) atoms. The van der Waals surface area contributed by atoms with Crippen LogP contribution in [0.4, 0.5) is 0 Å². The largest absolute Gasteiger partial charge is 0.135 e. The minimum atomic E-state index is 1.21. The minimum Gasteiger partial charge on any atom is -0.135 e. The molecule has 0 nitrogen and oxygen atoms in total.